The molecule has 164 valence electrons. The molecule has 7 nitrogen and oxygen atoms in total. The fraction of sp³-hybridized carbons (Fsp3) is 0.318. The lowest BCUT2D eigenvalue weighted by Crippen LogP contribution is -2.48. The molecule has 0 saturated heterocycles. The van der Waals surface area contributed by atoms with Crippen LogP contribution in [0.4, 0.5) is 13.6 Å². The Hall–Kier alpha value is -3.49. The zero-order chi connectivity index (χ0) is 22.4. The number of nitrogens with one attached hydrogen (secondary N) is 2. The van der Waals surface area contributed by atoms with Crippen LogP contribution >= 0.6 is 0 Å². The van der Waals surface area contributed by atoms with Crippen LogP contribution < -0.4 is 10.6 Å². The second-order valence-corrected chi connectivity index (χ2v) is 7.09. The highest BCUT2D eigenvalue weighted by Gasteiger charge is 2.30. The Morgan fingerprint density at radius 3 is 2.13 bits per heavy atom. The van der Waals surface area contributed by atoms with E-state index >= 15 is 0 Å². The van der Waals surface area contributed by atoms with Crippen molar-refractivity contribution in [2.45, 2.75) is 31.2 Å². The third-order valence-corrected chi connectivity index (χ3v) is 5.03. The lowest BCUT2D eigenvalue weighted by molar-refractivity contribution is -0.137. The van der Waals surface area contributed by atoms with Gasteiger partial charge in [-0.05, 0) is 28.7 Å². The third-order valence-electron chi connectivity index (χ3n) is 5.03. The normalized spacial score (nSPS) is 13.3. The molecule has 0 spiro atoms. The van der Waals surface area contributed by atoms with E-state index in [0.717, 1.165) is 22.3 Å². The van der Waals surface area contributed by atoms with E-state index < -0.39 is 43.4 Å². The van der Waals surface area contributed by atoms with Crippen LogP contribution in [0, 0.1) is 0 Å². The lowest BCUT2D eigenvalue weighted by Gasteiger charge is -2.19. The van der Waals surface area contributed by atoms with Crippen molar-refractivity contribution in [3.8, 4) is 11.1 Å². The van der Waals surface area contributed by atoms with Crippen LogP contribution in [0.5, 0.6) is 0 Å². The number of hydrogen-bond acceptors (Lipinski definition) is 4. The van der Waals surface area contributed by atoms with Crippen molar-refractivity contribution in [1.29, 1.82) is 0 Å². The van der Waals surface area contributed by atoms with Gasteiger partial charge in [-0.2, -0.15) is 0 Å². The number of hydrogen-bond donors (Lipinski definition) is 3. The number of carbonyl (C=O) groups excluding carboxylic acids is 2. The smallest absolute Gasteiger partial charge is 0.407 e. The highest BCUT2D eigenvalue weighted by atomic mass is 19.3. The number of halogens is 2. The maximum atomic E-state index is 12.4. The number of amides is 2. The molecular formula is C22H22F2N2O5. The minimum absolute atomic E-state index is 0.00413. The van der Waals surface area contributed by atoms with Crippen molar-refractivity contribution in [1.82, 2.24) is 10.6 Å². The van der Waals surface area contributed by atoms with Gasteiger partial charge in [-0.15, -0.1) is 0 Å². The molecule has 0 aliphatic heterocycles. The van der Waals surface area contributed by atoms with Gasteiger partial charge in [-0.1, -0.05) is 48.5 Å². The monoisotopic (exact) mass is 432 g/mol. The first-order valence-electron chi connectivity index (χ1n) is 9.76. The third kappa shape index (κ3) is 5.56. The second-order valence-electron chi connectivity index (χ2n) is 7.09. The molecule has 0 radical (unpaired) electrons. The van der Waals surface area contributed by atoms with Crippen LogP contribution in [0.25, 0.3) is 11.1 Å². The van der Waals surface area contributed by atoms with Crippen LogP contribution in [0.1, 0.15) is 29.9 Å². The summed E-state index contributed by atoms with van der Waals surface area (Å²) in [5.74, 6) is -2.26. The Labute approximate surface area is 177 Å². The SMILES string of the molecule is O=C(O)CCC(NC(=O)OCC1c2ccccc2-c2ccccc21)C(=O)NCC(F)F. The standard InChI is InChI=1S/C22H22F2N2O5/c23-19(24)11-25-21(29)18(9-10-20(27)28)26-22(30)31-12-17-15-7-3-1-5-13(15)14-6-2-4-8-16(14)17/h1-8,17-19H,9-12H2,(H,25,29)(H,26,30)(H,27,28). The van der Waals surface area contributed by atoms with Gasteiger partial charge in [-0.25, -0.2) is 13.6 Å². The predicted octanol–water partition coefficient (Wildman–Crippen LogP) is 3.14. The van der Waals surface area contributed by atoms with Crippen LogP contribution in [-0.4, -0.2) is 48.7 Å². The van der Waals surface area contributed by atoms with Crippen LogP contribution in [-0.2, 0) is 14.3 Å². The van der Waals surface area contributed by atoms with Crippen molar-refractivity contribution in [3.63, 3.8) is 0 Å². The first-order chi connectivity index (χ1) is 14.9. The molecular weight excluding hydrogens is 410 g/mol. The lowest BCUT2D eigenvalue weighted by atomic mass is 9.98. The van der Waals surface area contributed by atoms with Gasteiger partial charge in [0.1, 0.15) is 12.6 Å². The summed E-state index contributed by atoms with van der Waals surface area (Å²) in [4.78, 5) is 35.2. The zero-order valence-electron chi connectivity index (χ0n) is 16.5. The summed E-state index contributed by atoms with van der Waals surface area (Å²) < 4.78 is 30.0. The zero-order valence-corrected chi connectivity index (χ0v) is 16.5. The number of rotatable bonds is 9. The van der Waals surface area contributed by atoms with Gasteiger partial charge in [0.05, 0.1) is 6.54 Å². The highest BCUT2D eigenvalue weighted by Crippen LogP contribution is 2.44. The number of carbonyl (C=O) groups is 3. The molecule has 9 heteroatoms. The number of alkyl halides is 2. The number of alkyl carbamates (subject to hydrolysis) is 1. The summed E-state index contributed by atoms with van der Waals surface area (Å²) in [7, 11) is 0. The molecule has 0 aromatic heterocycles. The first-order valence-corrected chi connectivity index (χ1v) is 9.76. The molecule has 1 unspecified atom stereocenters. The van der Waals surface area contributed by atoms with E-state index in [1.807, 2.05) is 53.8 Å². The Bertz CT molecular complexity index is 921. The molecule has 1 aliphatic rings. The van der Waals surface area contributed by atoms with Crippen LogP contribution in [0.15, 0.2) is 48.5 Å². The molecule has 3 N–H and O–H groups in total. The summed E-state index contributed by atoms with van der Waals surface area (Å²) in [5.41, 5.74) is 4.12. The molecule has 0 bridgehead atoms. The summed E-state index contributed by atoms with van der Waals surface area (Å²) in [6.45, 7) is -0.890. The van der Waals surface area contributed by atoms with Gasteiger partial charge in [-0.3, -0.25) is 9.59 Å². The van der Waals surface area contributed by atoms with Gasteiger partial charge in [0, 0.05) is 12.3 Å². The van der Waals surface area contributed by atoms with Gasteiger partial charge in [0.15, 0.2) is 0 Å². The largest absolute Gasteiger partial charge is 0.481 e. The molecule has 1 aliphatic carbocycles. The van der Waals surface area contributed by atoms with Gasteiger partial charge >= 0.3 is 12.1 Å². The molecule has 0 fully saturated rings. The number of carboxylic acid groups (broad SMARTS) is 1. The number of ether oxygens (including phenoxy) is 1. The van der Waals surface area contributed by atoms with Crippen molar-refractivity contribution in [2.24, 2.45) is 0 Å². The van der Waals surface area contributed by atoms with Crippen LogP contribution in [0.2, 0.25) is 0 Å². The minimum atomic E-state index is -2.77. The first kappa shape index (κ1) is 22.2. The maximum Gasteiger partial charge on any atom is 0.407 e. The van der Waals surface area contributed by atoms with Crippen molar-refractivity contribution < 1.29 is 33.0 Å². The van der Waals surface area contributed by atoms with E-state index in [1.165, 1.54) is 0 Å². The molecule has 3 rings (SSSR count). The highest BCUT2D eigenvalue weighted by molar-refractivity contribution is 5.86. The fourth-order valence-electron chi connectivity index (χ4n) is 3.62. The summed E-state index contributed by atoms with van der Waals surface area (Å²) in [6, 6.07) is 14.2. The van der Waals surface area contributed by atoms with Gasteiger partial charge in [0.2, 0.25) is 5.91 Å². The average molecular weight is 432 g/mol. The van der Waals surface area contributed by atoms with Crippen molar-refractivity contribution >= 4 is 18.0 Å². The fourth-order valence-corrected chi connectivity index (χ4v) is 3.62. The average Bonchev–Trinajstić information content (AvgIpc) is 3.07. The summed E-state index contributed by atoms with van der Waals surface area (Å²) >= 11 is 0. The van der Waals surface area contributed by atoms with E-state index in [0.29, 0.717) is 0 Å². The van der Waals surface area contributed by atoms with Gasteiger partial charge < -0.3 is 20.5 Å². The molecule has 2 aromatic rings. The quantitative estimate of drug-likeness (QED) is 0.565. The molecule has 0 saturated carbocycles. The number of carboxylic acids is 1. The Morgan fingerprint density at radius 1 is 1.00 bits per heavy atom. The summed E-state index contributed by atoms with van der Waals surface area (Å²) in [5, 5.41) is 13.1. The summed E-state index contributed by atoms with van der Waals surface area (Å²) in [6.07, 6.45) is -4.37. The Balaban J connectivity index is 1.64. The maximum absolute atomic E-state index is 12.4. The van der Waals surface area contributed by atoms with E-state index in [9.17, 15) is 23.2 Å². The minimum Gasteiger partial charge on any atom is -0.481 e. The number of fused-ring (bicyclic) bond motifs is 3. The molecule has 1 atom stereocenters. The van der Waals surface area contributed by atoms with E-state index in [-0.39, 0.29) is 18.9 Å². The van der Waals surface area contributed by atoms with Crippen LogP contribution in [0.3, 0.4) is 0 Å². The molecule has 31 heavy (non-hydrogen) atoms. The Kier molecular flexibility index (Phi) is 7.17. The van der Waals surface area contributed by atoms with E-state index in [4.69, 9.17) is 9.84 Å². The second kappa shape index (κ2) is 10.0. The number of benzene rings is 2. The van der Waals surface area contributed by atoms with Crippen molar-refractivity contribution in [2.75, 3.05) is 13.2 Å². The molecule has 2 amide bonds. The predicted molar refractivity (Wildman–Crippen MR) is 108 cm³/mol. The number of aliphatic carboxylic acids is 1. The van der Waals surface area contributed by atoms with E-state index in [2.05, 4.69) is 5.32 Å². The molecule has 2 aromatic carbocycles. The Morgan fingerprint density at radius 2 is 1.58 bits per heavy atom. The topological polar surface area (TPSA) is 105 Å². The van der Waals surface area contributed by atoms with Gasteiger partial charge in [0.25, 0.3) is 6.43 Å². The van der Waals surface area contributed by atoms with E-state index in [1.54, 1.807) is 0 Å². The van der Waals surface area contributed by atoms with Crippen molar-refractivity contribution in [3.05, 3.63) is 59.7 Å². The molecule has 0 heterocycles.